The van der Waals surface area contributed by atoms with Gasteiger partial charge in [-0.15, -0.1) is 0 Å². The number of carbonyl (C=O) groups excluding carboxylic acids is 2. The van der Waals surface area contributed by atoms with E-state index in [9.17, 15) is 9.59 Å². The largest absolute Gasteiger partial charge is 0.479 e. The Morgan fingerprint density at radius 3 is 2.28 bits per heavy atom. The minimum absolute atomic E-state index is 0.276. The lowest BCUT2D eigenvalue weighted by molar-refractivity contribution is -0.153. The van der Waals surface area contributed by atoms with Gasteiger partial charge in [0, 0.05) is 5.69 Å². The molecule has 2 aromatic rings. The molecule has 0 aliphatic rings. The highest BCUT2D eigenvalue weighted by molar-refractivity contribution is 5.93. The van der Waals surface area contributed by atoms with Crippen molar-refractivity contribution in [3.8, 4) is 5.75 Å². The van der Waals surface area contributed by atoms with Crippen molar-refractivity contribution in [3.05, 3.63) is 60.2 Å². The molecule has 0 aromatic heterocycles. The summed E-state index contributed by atoms with van der Waals surface area (Å²) in [6.07, 6.45) is -0.793. The Balaban J connectivity index is 1.84. The molecule has 0 spiro atoms. The van der Waals surface area contributed by atoms with Gasteiger partial charge in [0.2, 0.25) is 0 Å². The van der Waals surface area contributed by atoms with Gasteiger partial charge in [0.25, 0.3) is 5.91 Å². The van der Waals surface area contributed by atoms with Gasteiger partial charge in [0.05, 0.1) is 0 Å². The summed E-state index contributed by atoms with van der Waals surface area (Å²) in [4.78, 5) is 24.0. The highest BCUT2D eigenvalue weighted by Gasteiger charge is 2.18. The molecule has 0 unspecified atom stereocenters. The van der Waals surface area contributed by atoms with E-state index in [-0.39, 0.29) is 18.4 Å². The molecule has 1 atom stereocenters. The number of amides is 1. The van der Waals surface area contributed by atoms with Crippen molar-refractivity contribution in [2.24, 2.45) is 0 Å². The quantitative estimate of drug-likeness (QED) is 0.779. The lowest BCUT2D eigenvalue weighted by Gasteiger charge is -2.15. The highest BCUT2D eigenvalue weighted by Crippen LogP contribution is 2.23. The lowest BCUT2D eigenvalue weighted by atomic mass is 10.0. The van der Waals surface area contributed by atoms with Crippen molar-refractivity contribution in [1.29, 1.82) is 0 Å². The van der Waals surface area contributed by atoms with Crippen LogP contribution in [0.15, 0.2) is 54.6 Å². The van der Waals surface area contributed by atoms with Crippen LogP contribution in [-0.4, -0.2) is 24.6 Å². The average molecular weight is 341 g/mol. The molecule has 0 radical (unpaired) electrons. The summed E-state index contributed by atoms with van der Waals surface area (Å²) < 4.78 is 10.5. The third kappa shape index (κ3) is 5.64. The zero-order valence-electron chi connectivity index (χ0n) is 14.7. The van der Waals surface area contributed by atoms with Gasteiger partial charge in [-0.1, -0.05) is 50.2 Å². The second-order valence-corrected chi connectivity index (χ2v) is 5.97. The zero-order chi connectivity index (χ0) is 18.2. The summed E-state index contributed by atoms with van der Waals surface area (Å²) >= 11 is 0. The molecule has 5 heteroatoms. The number of hydrogen-bond acceptors (Lipinski definition) is 4. The summed E-state index contributed by atoms with van der Waals surface area (Å²) in [5.74, 6) is -0.120. The monoisotopic (exact) mass is 341 g/mol. The third-order valence-corrected chi connectivity index (χ3v) is 3.59. The van der Waals surface area contributed by atoms with Crippen molar-refractivity contribution in [2.45, 2.75) is 32.8 Å². The summed E-state index contributed by atoms with van der Waals surface area (Å²) in [5.41, 5.74) is 1.76. The highest BCUT2D eigenvalue weighted by atomic mass is 16.6. The van der Waals surface area contributed by atoms with Crippen molar-refractivity contribution >= 4 is 17.6 Å². The van der Waals surface area contributed by atoms with Crippen molar-refractivity contribution in [1.82, 2.24) is 0 Å². The normalized spacial score (nSPS) is 11.7. The molecular weight excluding hydrogens is 318 g/mol. The number of hydrogen-bond donors (Lipinski definition) is 1. The van der Waals surface area contributed by atoms with Crippen molar-refractivity contribution in [3.63, 3.8) is 0 Å². The van der Waals surface area contributed by atoms with Gasteiger partial charge < -0.3 is 14.8 Å². The van der Waals surface area contributed by atoms with Crippen LogP contribution in [-0.2, 0) is 14.3 Å². The summed E-state index contributed by atoms with van der Waals surface area (Å²) in [5, 5.41) is 2.78. The zero-order valence-corrected chi connectivity index (χ0v) is 14.7. The van der Waals surface area contributed by atoms with Gasteiger partial charge in [-0.25, -0.2) is 4.79 Å². The van der Waals surface area contributed by atoms with E-state index in [1.807, 2.05) is 56.3 Å². The number of benzene rings is 2. The van der Waals surface area contributed by atoms with Crippen molar-refractivity contribution in [2.75, 3.05) is 11.9 Å². The maximum atomic E-state index is 12.0. The molecule has 0 bridgehead atoms. The number of rotatable bonds is 7. The summed E-state index contributed by atoms with van der Waals surface area (Å²) in [7, 11) is 0. The number of para-hydroxylation sites is 2. The van der Waals surface area contributed by atoms with E-state index in [0.29, 0.717) is 5.75 Å². The van der Waals surface area contributed by atoms with Crippen LogP contribution in [0.3, 0.4) is 0 Å². The fourth-order valence-electron chi connectivity index (χ4n) is 2.31. The molecule has 0 saturated heterocycles. The molecular formula is C20H23NO4. The number of esters is 1. The number of ether oxygens (including phenoxy) is 2. The first-order valence-electron chi connectivity index (χ1n) is 8.24. The van der Waals surface area contributed by atoms with E-state index in [2.05, 4.69) is 5.32 Å². The molecule has 5 nitrogen and oxygen atoms in total. The average Bonchev–Trinajstić information content (AvgIpc) is 2.60. The van der Waals surface area contributed by atoms with Crippen LogP contribution >= 0.6 is 0 Å². The molecule has 0 heterocycles. The van der Waals surface area contributed by atoms with Crippen molar-refractivity contribution < 1.29 is 19.1 Å². The molecule has 132 valence electrons. The molecule has 1 amide bonds. The smallest absolute Gasteiger partial charge is 0.347 e. The Morgan fingerprint density at radius 2 is 1.60 bits per heavy atom. The van der Waals surface area contributed by atoms with Crippen LogP contribution < -0.4 is 10.1 Å². The van der Waals surface area contributed by atoms with Crippen LogP contribution in [0.5, 0.6) is 5.75 Å². The number of carbonyl (C=O) groups is 2. The lowest BCUT2D eigenvalue weighted by Crippen LogP contribution is -2.29. The van der Waals surface area contributed by atoms with Crippen LogP contribution in [0.4, 0.5) is 5.69 Å². The molecule has 25 heavy (non-hydrogen) atoms. The minimum Gasteiger partial charge on any atom is -0.479 e. The van der Waals surface area contributed by atoms with Crippen LogP contribution in [0.25, 0.3) is 0 Å². The maximum absolute atomic E-state index is 12.0. The van der Waals surface area contributed by atoms with E-state index in [4.69, 9.17) is 9.47 Å². The summed E-state index contributed by atoms with van der Waals surface area (Å²) in [6.45, 7) is 5.33. The Morgan fingerprint density at radius 1 is 0.960 bits per heavy atom. The SMILES string of the molecule is CC(C)c1ccccc1NC(=O)COC(=O)[C@@H](C)Oc1ccccc1. The van der Waals surface area contributed by atoms with Crippen LogP contribution in [0.2, 0.25) is 0 Å². The predicted octanol–water partition coefficient (Wildman–Crippen LogP) is 3.76. The standard InChI is InChI=1S/C20H23NO4/c1-14(2)17-11-7-8-12-18(17)21-19(22)13-24-20(23)15(3)25-16-9-5-4-6-10-16/h4-12,14-15H,13H2,1-3H3,(H,21,22)/t15-/m1/s1. The van der Waals surface area contributed by atoms with Gasteiger partial charge >= 0.3 is 5.97 Å². The number of anilines is 1. The van der Waals surface area contributed by atoms with Gasteiger partial charge in [-0.05, 0) is 36.6 Å². The van der Waals surface area contributed by atoms with Crippen LogP contribution in [0, 0.1) is 0 Å². The molecule has 0 saturated carbocycles. The Kier molecular flexibility index (Phi) is 6.57. The summed E-state index contributed by atoms with van der Waals surface area (Å²) in [6, 6.07) is 16.5. The predicted molar refractivity (Wildman–Crippen MR) is 96.7 cm³/mol. The Bertz CT molecular complexity index is 713. The molecule has 0 aliphatic carbocycles. The first-order valence-corrected chi connectivity index (χ1v) is 8.24. The molecule has 0 aliphatic heterocycles. The Labute approximate surface area is 148 Å². The van der Waals surface area contributed by atoms with E-state index in [0.717, 1.165) is 11.3 Å². The fraction of sp³-hybridized carbons (Fsp3) is 0.300. The van der Waals surface area contributed by atoms with Crippen LogP contribution in [0.1, 0.15) is 32.3 Å². The molecule has 0 fully saturated rings. The van der Waals surface area contributed by atoms with Gasteiger partial charge in [-0.3, -0.25) is 4.79 Å². The fourth-order valence-corrected chi connectivity index (χ4v) is 2.31. The van der Waals surface area contributed by atoms with E-state index in [1.165, 1.54) is 0 Å². The second kappa shape index (κ2) is 8.87. The molecule has 2 aromatic carbocycles. The molecule has 1 N–H and O–H groups in total. The second-order valence-electron chi connectivity index (χ2n) is 5.97. The molecule has 2 rings (SSSR count). The van der Waals surface area contributed by atoms with Gasteiger partial charge in [0.15, 0.2) is 12.7 Å². The van der Waals surface area contributed by atoms with E-state index < -0.39 is 12.1 Å². The minimum atomic E-state index is -0.793. The van der Waals surface area contributed by atoms with E-state index in [1.54, 1.807) is 19.1 Å². The van der Waals surface area contributed by atoms with E-state index >= 15 is 0 Å². The first-order chi connectivity index (χ1) is 12.0. The van der Waals surface area contributed by atoms with Gasteiger partial charge in [0.1, 0.15) is 5.75 Å². The maximum Gasteiger partial charge on any atom is 0.347 e. The topological polar surface area (TPSA) is 64.6 Å². The number of nitrogens with one attached hydrogen (secondary N) is 1. The van der Waals surface area contributed by atoms with Gasteiger partial charge in [-0.2, -0.15) is 0 Å². The first kappa shape index (κ1) is 18.5. The third-order valence-electron chi connectivity index (χ3n) is 3.59. The Hall–Kier alpha value is -2.82.